The first-order valence-electron chi connectivity index (χ1n) is 8.70. The molecule has 0 aromatic heterocycles. The molecular weight excluding hydrogens is 866 g/mol. The minimum absolute atomic E-state index is 0.251. The highest BCUT2D eigenvalue weighted by atomic mass is 79.9. The molecule has 0 heterocycles. The molecular formula is C18H3Br4F14S2. The van der Waals surface area contributed by atoms with Crippen LogP contribution in [0.15, 0.2) is 45.9 Å². The van der Waals surface area contributed by atoms with E-state index in [1.807, 2.05) is 0 Å². The van der Waals surface area contributed by atoms with E-state index in [2.05, 4.69) is 69.8 Å². The van der Waals surface area contributed by atoms with E-state index in [1.165, 1.54) is 0 Å². The number of thioether (sulfide) groups is 2. The molecule has 0 N–H and O–H groups in total. The van der Waals surface area contributed by atoms with E-state index in [4.69, 9.17) is 0 Å². The molecule has 0 saturated carbocycles. The van der Waals surface area contributed by atoms with E-state index in [-0.39, 0.29) is 8.95 Å². The maximum Gasteiger partial charge on any atom is 0.441 e. The molecule has 0 saturated heterocycles. The maximum atomic E-state index is 14.5. The van der Waals surface area contributed by atoms with Crippen LogP contribution < -0.4 is 0 Å². The zero-order valence-electron chi connectivity index (χ0n) is 16.9. The summed E-state index contributed by atoms with van der Waals surface area (Å²) >= 11 is 8.55. The predicted molar refractivity (Wildman–Crippen MR) is 125 cm³/mol. The van der Waals surface area contributed by atoms with Gasteiger partial charge < -0.3 is 0 Å². The van der Waals surface area contributed by atoms with Gasteiger partial charge in [0.25, 0.3) is 0 Å². The molecule has 2 aromatic rings. The summed E-state index contributed by atoms with van der Waals surface area (Å²) in [5.74, 6) is 0. The lowest BCUT2D eigenvalue weighted by atomic mass is 10.1. The fourth-order valence-corrected chi connectivity index (χ4v) is 7.94. The number of benzene rings is 2. The van der Waals surface area contributed by atoms with Gasteiger partial charge in [-0.15, -0.1) is 0 Å². The van der Waals surface area contributed by atoms with E-state index in [1.54, 1.807) is 0 Å². The quantitative estimate of drug-likeness (QED) is 0.217. The Bertz CT molecular complexity index is 1150. The van der Waals surface area contributed by atoms with Crippen molar-refractivity contribution in [3.63, 3.8) is 0 Å². The molecule has 0 nitrogen and oxygen atoms in total. The van der Waals surface area contributed by atoms with Crippen molar-refractivity contribution in [2.24, 2.45) is 0 Å². The highest BCUT2D eigenvalue weighted by molar-refractivity contribution is 9.11. The molecule has 0 aliphatic carbocycles. The summed E-state index contributed by atoms with van der Waals surface area (Å²) < 4.78 is 184. The van der Waals surface area contributed by atoms with Gasteiger partial charge in [-0.05, 0) is 34.1 Å². The van der Waals surface area contributed by atoms with E-state index in [0.717, 1.165) is 0 Å². The molecule has 0 unspecified atom stereocenters. The minimum Gasteiger partial charge on any atom is -0.211 e. The Labute approximate surface area is 245 Å². The summed E-state index contributed by atoms with van der Waals surface area (Å²) in [5.41, 5.74) is -1.06. The van der Waals surface area contributed by atoms with E-state index in [9.17, 15) is 61.5 Å². The van der Waals surface area contributed by atoms with E-state index >= 15 is 0 Å². The standard InChI is InChI=1S/C18H3Br4F14S2/c19-5-1-7(20)12(10(2-5)38-14(24,17(31,32)33)18(34,35)36)11-8(21)3-6(4-9(11)22)37-13(23,15(25,26)27)16(28,29)30/h2-4H. The molecule has 0 atom stereocenters. The van der Waals surface area contributed by atoms with Crippen LogP contribution in [-0.4, -0.2) is 34.7 Å². The first kappa shape index (κ1) is 34.3. The second-order valence-corrected chi connectivity index (χ2v) is 12.6. The summed E-state index contributed by atoms with van der Waals surface area (Å²) in [6, 6.07) is 4.06. The molecule has 38 heavy (non-hydrogen) atoms. The summed E-state index contributed by atoms with van der Waals surface area (Å²) in [6.07, 6.45) is -25.8. The van der Waals surface area contributed by atoms with Gasteiger partial charge in [0.1, 0.15) is 0 Å². The highest BCUT2D eigenvalue weighted by Gasteiger charge is 2.74. The third-order valence-electron chi connectivity index (χ3n) is 4.19. The lowest BCUT2D eigenvalue weighted by Gasteiger charge is -2.30. The number of alkyl halides is 14. The molecule has 2 aromatic carbocycles. The Balaban J connectivity index is 2.77. The van der Waals surface area contributed by atoms with Crippen LogP contribution >= 0.6 is 87.2 Å². The monoisotopic (exact) mass is 865 g/mol. The average Bonchev–Trinajstić information content (AvgIpc) is 2.65. The van der Waals surface area contributed by atoms with Crippen molar-refractivity contribution in [3.05, 3.63) is 42.2 Å². The van der Waals surface area contributed by atoms with Crippen molar-refractivity contribution in [3.8, 4) is 11.1 Å². The Hall–Kier alpha value is 0.0800. The SMILES string of the molecule is FC(F)(F)C(F)(Sc1cc(Br)c(-c2c(Br)[c]c(Br)cc2SC(F)(C(F)(F)F)C(F)(F)F)c(Br)c1)C(F)(F)F. The summed E-state index contributed by atoms with van der Waals surface area (Å²) in [5, 5.41) is -11.6. The van der Waals surface area contributed by atoms with E-state index in [0.29, 0.717) is 18.2 Å². The lowest BCUT2D eigenvalue weighted by molar-refractivity contribution is -0.303. The normalized spacial score (nSPS) is 14.3. The average molecular weight is 869 g/mol. The number of hydrogen-bond acceptors (Lipinski definition) is 2. The van der Waals surface area contributed by atoms with Crippen LogP contribution in [0.5, 0.6) is 0 Å². The smallest absolute Gasteiger partial charge is 0.211 e. The molecule has 0 bridgehead atoms. The van der Waals surface area contributed by atoms with Gasteiger partial charge in [-0.2, -0.15) is 52.7 Å². The predicted octanol–water partition coefficient (Wildman–Crippen LogP) is 12.0. The van der Waals surface area contributed by atoms with Gasteiger partial charge >= 0.3 is 34.7 Å². The molecule has 1 radical (unpaired) electrons. The van der Waals surface area contributed by atoms with Crippen LogP contribution in [0.25, 0.3) is 11.1 Å². The second kappa shape index (κ2) is 11.1. The van der Waals surface area contributed by atoms with Crippen molar-refractivity contribution in [1.82, 2.24) is 0 Å². The van der Waals surface area contributed by atoms with Crippen LogP contribution in [0.4, 0.5) is 61.5 Å². The zero-order valence-corrected chi connectivity index (χ0v) is 24.8. The van der Waals surface area contributed by atoms with Crippen molar-refractivity contribution in [2.75, 3.05) is 0 Å². The maximum absolute atomic E-state index is 14.5. The van der Waals surface area contributed by atoms with Crippen molar-refractivity contribution >= 4 is 87.2 Å². The number of hydrogen-bond donors (Lipinski definition) is 0. The third kappa shape index (κ3) is 6.59. The van der Waals surface area contributed by atoms with Crippen molar-refractivity contribution in [1.29, 1.82) is 0 Å². The van der Waals surface area contributed by atoms with Crippen molar-refractivity contribution in [2.45, 2.75) is 44.5 Å². The summed E-state index contributed by atoms with van der Waals surface area (Å²) in [7, 11) is 0. The molecule has 0 amide bonds. The largest absolute Gasteiger partial charge is 0.441 e. The van der Waals surface area contributed by atoms with Gasteiger partial charge in [-0.25, -0.2) is 8.78 Å². The topological polar surface area (TPSA) is 0 Å². The van der Waals surface area contributed by atoms with Gasteiger partial charge in [0.2, 0.25) is 0 Å². The van der Waals surface area contributed by atoms with Gasteiger partial charge in [0.15, 0.2) is 0 Å². The second-order valence-electron chi connectivity index (χ2n) is 6.82. The summed E-state index contributed by atoms with van der Waals surface area (Å²) in [4.78, 5) is -2.02. The van der Waals surface area contributed by atoms with Gasteiger partial charge in [0.05, 0.1) is 0 Å². The number of rotatable bonds is 5. The van der Waals surface area contributed by atoms with Gasteiger partial charge in [-0.3, -0.25) is 0 Å². The van der Waals surface area contributed by atoms with Crippen LogP contribution in [-0.2, 0) is 0 Å². The zero-order chi connectivity index (χ0) is 29.9. The Kier molecular flexibility index (Phi) is 9.97. The Morgan fingerprint density at radius 1 is 0.526 bits per heavy atom. The van der Waals surface area contributed by atoms with Crippen LogP contribution in [0, 0.1) is 6.07 Å². The highest BCUT2D eigenvalue weighted by Crippen LogP contribution is 2.60. The van der Waals surface area contributed by atoms with Gasteiger partial charge in [0, 0.05) is 44.9 Å². The molecule has 0 aliphatic heterocycles. The molecule has 213 valence electrons. The van der Waals surface area contributed by atoms with Crippen LogP contribution in [0.1, 0.15) is 0 Å². The fraction of sp³-hybridized carbons (Fsp3) is 0.333. The molecule has 20 heteroatoms. The Morgan fingerprint density at radius 3 is 1.26 bits per heavy atom. The molecule has 2 rings (SSSR count). The van der Waals surface area contributed by atoms with Crippen LogP contribution in [0.3, 0.4) is 0 Å². The van der Waals surface area contributed by atoms with Crippen LogP contribution in [0.2, 0.25) is 0 Å². The summed E-state index contributed by atoms with van der Waals surface area (Å²) in [6.45, 7) is 0. The van der Waals surface area contributed by atoms with E-state index < -0.39 is 88.1 Å². The fourth-order valence-electron chi connectivity index (χ4n) is 2.53. The molecule has 0 spiro atoms. The first-order valence-corrected chi connectivity index (χ1v) is 13.5. The first-order chi connectivity index (χ1) is 16.8. The van der Waals surface area contributed by atoms with Crippen molar-refractivity contribution < 1.29 is 61.5 Å². The molecule has 0 fully saturated rings. The van der Waals surface area contributed by atoms with Gasteiger partial charge in [-0.1, -0.05) is 71.3 Å². The molecule has 0 aliphatic rings. The lowest BCUT2D eigenvalue weighted by Crippen LogP contribution is -2.50. The Morgan fingerprint density at radius 2 is 0.895 bits per heavy atom. The minimum atomic E-state index is -6.47. The number of halogens is 18. The third-order valence-corrected chi connectivity index (χ3v) is 8.96.